The Balaban J connectivity index is 1.43. The Morgan fingerprint density at radius 3 is 2.86 bits per heavy atom. The summed E-state index contributed by atoms with van der Waals surface area (Å²) in [5.74, 6) is 0.534. The first-order chi connectivity index (χ1) is 13.6. The highest BCUT2D eigenvalue weighted by atomic mass is 16.5. The smallest absolute Gasteiger partial charge is 0.274 e. The highest BCUT2D eigenvalue weighted by Gasteiger charge is 2.49. The molecule has 1 aliphatic carbocycles. The molecule has 0 saturated carbocycles. The zero-order chi connectivity index (χ0) is 19.3. The van der Waals surface area contributed by atoms with Crippen molar-refractivity contribution in [1.29, 1.82) is 0 Å². The molecule has 6 heteroatoms. The van der Waals surface area contributed by atoms with Gasteiger partial charge in [0.1, 0.15) is 5.75 Å². The van der Waals surface area contributed by atoms with Gasteiger partial charge < -0.3 is 9.64 Å². The Kier molecular flexibility index (Phi) is 3.91. The molecule has 2 aromatic rings. The van der Waals surface area contributed by atoms with Gasteiger partial charge in [-0.25, -0.2) is 5.48 Å². The van der Waals surface area contributed by atoms with Crippen LogP contribution in [0.25, 0.3) is 0 Å². The molecule has 0 aromatic heterocycles. The highest BCUT2D eigenvalue weighted by molar-refractivity contribution is 6.01. The second-order valence-electron chi connectivity index (χ2n) is 7.95. The molecule has 144 valence electrons. The molecule has 0 bridgehead atoms. The van der Waals surface area contributed by atoms with E-state index in [0.717, 1.165) is 48.2 Å². The number of hydrogen-bond acceptors (Lipinski definition) is 4. The van der Waals surface area contributed by atoms with E-state index in [4.69, 9.17) is 9.94 Å². The van der Waals surface area contributed by atoms with Crippen LogP contribution in [0.3, 0.4) is 0 Å². The maximum absolute atomic E-state index is 13.5. The maximum Gasteiger partial charge on any atom is 0.274 e. The van der Waals surface area contributed by atoms with Crippen molar-refractivity contribution in [1.82, 2.24) is 5.48 Å². The number of aryl methyl sites for hydroxylation is 1. The molecule has 1 spiro atoms. The van der Waals surface area contributed by atoms with Gasteiger partial charge in [0.15, 0.2) is 0 Å². The molecule has 5 rings (SSSR count). The molecule has 1 fully saturated rings. The van der Waals surface area contributed by atoms with Gasteiger partial charge in [0, 0.05) is 18.5 Å². The maximum atomic E-state index is 13.5. The van der Waals surface area contributed by atoms with E-state index in [2.05, 4.69) is 6.07 Å². The van der Waals surface area contributed by atoms with E-state index in [9.17, 15) is 9.59 Å². The molecule has 0 unspecified atom stereocenters. The molecule has 2 aromatic carbocycles. The molecule has 1 atom stereocenters. The van der Waals surface area contributed by atoms with Gasteiger partial charge in [-0.05, 0) is 60.6 Å². The van der Waals surface area contributed by atoms with Crippen LogP contribution in [0.5, 0.6) is 5.75 Å². The minimum absolute atomic E-state index is 0.180. The predicted molar refractivity (Wildman–Crippen MR) is 103 cm³/mol. The summed E-state index contributed by atoms with van der Waals surface area (Å²) in [6.45, 7) is 1.38. The van der Waals surface area contributed by atoms with Crippen LogP contribution in [-0.4, -0.2) is 30.2 Å². The Morgan fingerprint density at radius 2 is 2.00 bits per heavy atom. The third kappa shape index (κ3) is 2.52. The van der Waals surface area contributed by atoms with Crippen molar-refractivity contribution >= 4 is 17.5 Å². The molecular formula is C22H22N2O4. The monoisotopic (exact) mass is 378 g/mol. The van der Waals surface area contributed by atoms with Crippen molar-refractivity contribution in [3.8, 4) is 5.75 Å². The van der Waals surface area contributed by atoms with Gasteiger partial charge >= 0.3 is 0 Å². The summed E-state index contributed by atoms with van der Waals surface area (Å²) in [6, 6.07) is 11.5. The zero-order valence-corrected chi connectivity index (χ0v) is 15.5. The SMILES string of the molecule is O=C(NO)c1ccc2c(c1)CC[C@]1(CCN(c3cccc4c3OCC4)C1=O)C2. The third-order valence-corrected chi connectivity index (χ3v) is 6.47. The van der Waals surface area contributed by atoms with Gasteiger partial charge in [-0.1, -0.05) is 18.2 Å². The number of hydroxylamine groups is 1. The normalized spacial score (nSPS) is 22.8. The van der Waals surface area contributed by atoms with Gasteiger partial charge in [-0.3, -0.25) is 14.8 Å². The topological polar surface area (TPSA) is 78.9 Å². The van der Waals surface area contributed by atoms with Crippen molar-refractivity contribution in [2.75, 3.05) is 18.1 Å². The van der Waals surface area contributed by atoms with Gasteiger partial charge in [0.2, 0.25) is 5.91 Å². The fourth-order valence-corrected chi connectivity index (χ4v) is 4.92. The number of benzene rings is 2. The lowest BCUT2D eigenvalue weighted by molar-refractivity contribution is -0.126. The first-order valence-corrected chi connectivity index (χ1v) is 9.74. The van der Waals surface area contributed by atoms with Crippen LogP contribution in [0.2, 0.25) is 0 Å². The number of nitrogens with one attached hydrogen (secondary N) is 1. The minimum Gasteiger partial charge on any atom is -0.491 e. The molecule has 6 nitrogen and oxygen atoms in total. The van der Waals surface area contributed by atoms with E-state index < -0.39 is 5.91 Å². The van der Waals surface area contributed by atoms with Crippen LogP contribution in [0, 0.1) is 5.41 Å². The molecule has 2 heterocycles. The highest BCUT2D eigenvalue weighted by Crippen LogP contribution is 2.47. The Morgan fingerprint density at radius 1 is 1.11 bits per heavy atom. The number of amides is 2. The first kappa shape index (κ1) is 17.3. The summed E-state index contributed by atoms with van der Waals surface area (Å²) in [6.07, 6.45) is 3.94. The largest absolute Gasteiger partial charge is 0.491 e. The van der Waals surface area contributed by atoms with Gasteiger partial charge in [-0.15, -0.1) is 0 Å². The summed E-state index contributed by atoms with van der Waals surface area (Å²) in [5.41, 5.74) is 6.01. The van der Waals surface area contributed by atoms with Crippen molar-refractivity contribution in [2.24, 2.45) is 5.41 Å². The molecule has 3 aliphatic rings. The average molecular weight is 378 g/mol. The molecule has 0 radical (unpaired) electrons. The first-order valence-electron chi connectivity index (χ1n) is 9.74. The fourth-order valence-electron chi connectivity index (χ4n) is 4.92. The Hall–Kier alpha value is -2.86. The lowest BCUT2D eigenvalue weighted by Crippen LogP contribution is -2.39. The van der Waals surface area contributed by atoms with Crippen LogP contribution in [0.15, 0.2) is 36.4 Å². The molecule has 1 saturated heterocycles. The number of carbonyl (C=O) groups is 2. The van der Waals surface area contributed by atoms with Crippen molar-refractivity contribution in [3.05, 3.63) is 58.7 Å². The molecule has 28 heavy (non-hydrogen) atoms. The van der Waals surface area contributed by atoms with E-state index in [0.29, 0.717) is 25.1 Å². The number of ether oxygens (including phenoxy) is 1. The van der Waals surface area contributed by atoms with Crippen LogP contribution in [0.4, 0.5) is 5.69 Å². The number of carbonyl (C=O) groups excluding carboxylic acids is 2. The van der Waals surface area contributed by atoms with E-state index in [-0.39, 0.29) is 11.3 Å². The minimum atomic E-state index is -0.510. The van der Waals surface area contributed by atoms with Gasteiger partial charge in [0.05, 0.1) is 17.7 Å². The van der Waals surface area contributed by atoms with Crippen molar-refractivity contribution < 1.29 is 19.5 Å². The lowest BCUT2D eigenvalue weighted by atomic mass is 9.70. The number of para-hydroxylation sites is 1. The molecule has 2 amide bonds. The van der Waals surface area contributed by atoms with Crippen LogP contribution >= 0.6 is 0 Å². The summed E-state index contributed by atoms with van der Waals surface area (Å²) in [4.78, 5) is 27.1. The number of nitrogens with zero attached hydrogens (tertiary/aromatic N) is 1. The summed E-state index contributed by atoms with van der Waals surface area (Å²) >= 11 is 0. The van der Waals surface area contributed by atoms with E-state index >= 15 is 0 Å². The lowest BCUT2D eigenvalue weighted by Gasteiger charge is -2.33. The van der Waals surface area contributed by atoms with Crippen LogP contribution < -0.4 is 15.1 Å². The van der Waals surface area contributed by atoms with E-state index in [1.165, 1.54) is 5.56 Å². The van der Waals surface area contributed by atoms with E-state index in [1.54, 1.807) is 11.5 Å². The van der Waals surface area contributed by atoms with Crippen molar-refractivity contribution in [2.45, 2.75) is 32.1 Å². The summed E-state index contributed by atoms with van der Waals surface area (Å²) in [7, 11) is 0. The molecular weight excluding hydrogens is 356 g/mol. The quantitative estimate of drug-likeness (QED) is 0.622. The molecule has 2 aliphatic heterocycles. The Bertz CT molecular complexity index is 986. The zero-order valence-electron chi connectivity index (χ0n) is 15.5. The number of fused-ring (bicyclic) bond motifs is 2. The van der Waals surface area contributed by atoms with E-state index in [1.807, 2.05) is 29.2 Å². The van der Waals surface area contributed by atoms with Gasteiger partial charge in [0.25, 0.3) is 5.91 Å². The number of hydrogen-bond donors (Lipinski definition) is 2. The van der Waals surface area contributed by atoms with Gasteiger partial charge in [-0.2, -0.15) is 0 Å². The summed E-state index contributed by atoms with van der Waals surface area (Å²) in [5, 5.41) is 8.84. The fraction of sp³-hybridized carbons (Fsp3) is 0.364. The number of rotatable bonds is 2. The van der Waals surface area contributed by atoms with Crippen LogP contribution in [-0.2, 0) is 24.1 Å². The third-order valence-electron chi connectivity index (χ3n) is 6.47. The summed E-state index contributed by atoms with van der Waals surface area (Å²) < 4.78 is 5.82. The second kappa shape index (κ2) is 6.34. The van der Waals surface area contributed by atoms with Crippen LogP contribution in [0.1, 0.15) is 39.9 Å². The second-order valence-corrected chi connectivity index (χ2v) is 7.95. The van der Waals surface area contributed by atoms with Crippen molar-refractivity contribution in [3.63, 3.8) is 0 Å². The molecule has 2 N–H and O–H groups in total. The number of anilines is 1. The predicted octanol–water partition coefficient (Wildman–Crippen LogP) is 2.65. The Labute approximate surface area is 163 Å². The standard InChI is InChI=1S/C22H22N2O4/c25-20(23-27)16-4-5-17-13-22(8-6-15(17)12-16)9-10-24(21(22)26)18-3-1-2-14-7-11-28-19(14)18/h1-5,12,27H,6-11,13H2,(H,23,25)/t22-/m0/s1. The average Bonchev–Trinajstić information content (AvgIpc) is 3.32.